The van der Waals surface area contributed by atoms with Crippen molar-refractivity contribution in [2.24, 2.45) is 0 Å². The van der Waals surface area contributed by atoms with Gasteiger partial charge in [-0.3, -0.25) is 0 Å². The minimum Gasteiger partial charge on any atom is -0.458 e. The van der Waals surface area contributed by atoms with E-state index in [1.807, 2.05) is 42.5 Å². The molecule has 4 nitrogen and oxygen atoms in total. The number of hydrogen-bond donors (Lipinski definition) is 0. The Morgan fingerprint density at radius 1 is 0.383 bits per heavy atom. The largest absolute Gasteiger partial charge is 0.458 e. The van der Waals surface area contributed by atoms with Gasteiger partial charge in [-0.15, -0.1) is 0 Å². The average Bonchev–Trinajstić information content (AvgIpc) is 3.70. The maximum Gasteiger partial charge on any atom is 0.260 e. The summed E-state index contributed by atoms with van der Waals surface area (Å²) in [5.74, 6) is 3.33. The van der Waals surface area contributed by atoms with Gasteiger partial charge in [-0.1, -0.05) is 103 Å². The van der Waals surface area contributed by atoms with Crippen molar-refractivity contribution in [2.75, 3.05) is 0 Å². The number of benzene rings is 7. The summed E-state index contributed by atoms with van der Waals surface area (Å²) >= 11 is 0. The van der Waals surface area contributed by atoms with E-state index in [0.717, 1.165) is 106 Å². The highest BCUT2D eigenvalue weighted by Crippen LogP contribution is 2.40. The molecule has 0 fully saturated rings. The molecule has 2 aliphatic heterocycles. The first-order chi connectivity index (χ1) is 23.3. The van der Waals surface area contributed by atoms with Crippen LogP contribution in [0.25, 0.3) is 66.1 Å². The van der Waals surface area contributed by atoms with Gasteiger partial charge in [0.25, 0.3) is 6.71 Å². The summed E-state index contributed by atoms with van der Waals surface area (Å²) in [6.45, 7) is -0.0849. The molecule has 5 heteroatoms. The molecule has 0 amide bonds. The molecule has 4 heterocycles. The fourth-order valence-corrected chi connectivity index (χ4v) is 7.72. The zero-order valence-electron chi connectivity index (χ0n) is 25.0. The highest BCUT2D eigenvalue weighted by molar-refractivity contribution is 6.98. The van der Waals surface area contributed by atoms with Crippen molar-refractivity contribution in [3.63, 3.8) is 0 Å². The fraction of sp³-hybridized carbons (Fsp3) is 0. The molecular weight excluding hydrogens is 579 g/mol. The second-order valence-electron chi connectivity index (χ2n) is 12.4. The van der Waals surface area contributed by atoms with Crippen LogP contribution in [0.5, 0.6) is 23.0 Å². The first-order valence-electron chi connectivity index (χ1n) is 15.9. The Balaban J connectivity index is 1.12. The molecule has 0 saturated carbocycles. The quantitative estimate of drug-likeness (QED) is 0.185. The van der Waals surface area contributed by atoms with Gasteiger partial charge in [0.1, 0.15) is 45.3 Å². The Morgan fingerprint density at radius 3 is 1.38 bits per heavy atom. The maximum atomic E-state index is 6.55. The zero-order valence-corrected chi connectivity index (χ0v) is 25.0. The fourth-order valence-electron chi connectivity index (χ4n) is 7.72. The van der Waals surface area contributed by atoms with Crippen LogP contribution < -0.4 is 25.9 Å². The van der Waals surface area contributed by atoms with E-state index in [1.165, 1.54) is 0 Å². The summed E-state index contributed by atoms with van der Waals surface area (Å²) in [5.41, 5.74) is 11.1. The molecule has 0 saturated heterocycles. The lowest BCUT2D eigenvalue weighted by atomic mass is 9.34. The number of furan rings is 2. The number of rotatable bonds is 2. The SMILES string of the molecule is c1cc2c3c(c1)Oc1ccc(-c4cccc5c4oc4ccccc45)cc1B3c1cc(-c3cccc4c3oc3ccccc34)ccc1O2. The molecule has 11 rings (SSSR count). The van der Waals surface area contributed by atoms with Crippen molar-refractivity contribution >= 4 is 67.0 Å². The van der Waals surface area contributed by atoms with Crippen LogP contribution in [0.15, 0.2) is 148 Å². The van der Waals surface area contributed by atoms with Crippen molar-refractivity contribution in [3.05, 3.63) is 140 Å². The lowest BCUT2D eigenvalue weighted by molar-refractivity contribution is 0.464. The van der Waals surface area contributed by atoms with Crippen molar-refractivity contribution in [1.29, 1.82) is 0 Å². The number of fused-ring (bicyclic) bond motifs is 10. The molecule has 0 N–H and O–H groups in total. The van der Waals surface area contributed by atoms with Crippen LogP contribution in [0, 0.1) is 0 Å². The third-order valence-electron chi connectivity index (χ3n) is 9.83. The molecule has 0 bridgehead atoms. The van der Waals surface area contributed by atoms with E-state index >= 15 is 0 Å². The number of para-hydroxylation sites is 4. The first kappa shape index (κ1) is 25.0. The van der Waals surface area contributed by atoms with E-state index in [0.29, 0.717) is 0 Å². The molecule has 7 aromatic carbocycles. The van der Waals surface area contributed by atoms with Gasteiger partial charge in [-0.05, 0) is 58.5 Å². The monoisotopic (exact) mass is 602 g/mol. The molecule has 0 unspecified atom stereocenters. The van der Waals surface area contributed by atoms with Crippen LogP contribution in [0.1, 0.15) is 0 Å². The van der Waals surface area contributed by atoms with Gasteiger partial charge in [0.05, 0.1) is 0 Å². The average molecular weight is 602 g/mol. The van der Waals surface area contributed by atoms with Crippen LogP contribution in [-0.2, 0) is 0 Å². The standard InChI is InChI=1S/C42H23BO4/c1-3-14-34-28(8-1)30-12-5-10-26(41(30)46-34)24-18-20-36-32(22-24)43-33-23-25(19-21-37(33)45-39-17-7-16-38(44-36)40(39)43)27-11-6-13-31-29-9-2-4-15-35(29)47-42(27)31/h1-23H. The zero-order chi connectivity index (χ0) is 30.6. The smallest absolute Gasteiger partial charge is 0.260 e. The third-order valence-corrected chi connectivity index (χ3v) is 9.83. The van der Waals surface area contributed by atoms with Gasteiger partial charge >= 0.3 is 0 Å². The second-order valence-corrected chi connectivity index (χ2v) is 12.4. The summed E-state index contributed by atoms with van der Waals surface area (Å²) in [5, 5.41) is 4.46. The van der Waals surface area contributed by atoms with Gasteiger partial charge < -0.3 is 18.3 Å². The molecule has 9 aromatic rings. The summed E-state index contributed by atoms with van der Waals surface area (Å²) in [4.78, 5) is 0. The van der Waals surface area contributed by atoms with Crippen LogP contribution >= 0.6 is 0 Å². The Labute approximate surface area is 269 Å². The van der Waals surface area contributed by atoms with Gasteiger partial charge in [0, 0.05) is 38.1 Å². The number of ether oxygens (including phenoxy) is 2. The highest BCUT2D eigenvalue weighted by Gasteiger charge is 2.40. The molecule has 0 atom stereocenters. The summed E-state index contributed by atoms with van der Waals surface area (Å²) in [6, 6.07) is 48.2. The molecule has 218 valence electrons. The van der Waals surface area contributed by atoms with Gasteiger partial charge in [0.15, 0.2) is 0 Å². The Bertz CT molecular complexity index is 2580. The van der Waals surface area contributed by atoms with Crippen LogP contribution in [-0.4, -0.2) is 6.71 Å². The van der Waals surface area contributed by atoms with E-state index in [1.54, 1.807) is 0 Å². The van der Waals surface area contributed by atoms with E-state index in [4.69, 9.17) is 18.3 Å². The Kier molecular flexibility index (Phi) is 4.89. The van der Waals surface area contributed by atoms with E-state index in [9.17, 15) is 0 Å². The summed E-state index contributed by atoms with van der Waals surface area (Å²) in [6.07, 6.45) is 0. The molecule has 0 aliphatic carbocycles. The van der Waals surface area contributed by atoms with Crippen LogP contribution in [0.3, 0.4) is 0 Å². The second kappa shape index (κ2) is 9.18. The van der Waals surface area contributed by atoms with Gasteiger partial charge in [-0.2, -0.15) is 0 Å². The minimum absolute atomic E-state index is 0.0849. The predicted octanol–water partition coefficient (Wildman–Crippen LogP) is 9.55. The topological polar surface area (TPSA) is 44.7 Å². The van der Waals surface area contributed by atoms with Gasteiger partial charge in [-0.25, -0.2) is 0 Å². The maximum absolute atomic E-state index is 6.55. The van der Waals surface area contributed by atoms with Crippen molar-refractivity contribution in [1.82, 2.24) is 0 Å². The molecule has 2 aliphatic rings. The molecule has 0 radical (unpaired) electrons. The first-order valence-corrected chi connectivity index (χ1v) is 15.9. The van der Waals surface area contributed by atoms with E-state index in [2.05, 4.69) is 97.1 Å². The van der Waals surface area contributed by atoms with E-state index < -0.39 is 0 Å². The normalized spacial score (nSPS) is 13.0. The molecular formula is C42H23BO4. The molecule has 47 heavy (non-hydrogen) atoms. The predicted molar refractivity (Wildman–Crippen MR) is 190 cm³/mol. The van der Waals surface area contributed by atoms with Crippen molar-refractivity contribution in [3.8, 4) is 45.3 Å². The van der Waals surface area contributed by atoms with E-state index in [-0.39, 0.29) is 6.71 Å². The molecule has 2 aromatic heterocycles. The lowest BCUT2D eigenvalue weighted by Crippen LogP contribution is -2.57. The summed E-state index contributed by atoms with van der Waals surface area (Å²) in [7, 11) is 0. The Hall–Kier alpha value is -6.20. The van der Waals surface area contributed by atoms with Crippen LogP contribution in [0.2, 0.25) is 0 Å². The van der Waals surface area contributed by atoms with Crippen LogP contribution in [0.4, 0.5) is 0 Å². The lowest BCUT2D eigenvalue weighted by Gasteiger charge is -2.33. The van der Waals surface area contributed by atoms with Crippen molar-refractivity contribution in [2.45, 2.75) is 0 Å². The highest BCUT2D eigenvalue weighted by atomic mass is 16.5. The van der Waals surface area contributed by atoms with Gasteiger partial charge in [0.2, 0.25) is 0 Å². The summed E-state index contributed by atoms with van der Waals surface area (Å²) < 4.78 is 26.0. The Morgan fingerprint density at radius 2 is 0.851 bits per heavy atom. The van der Waals surface area contributed by atoms with Crippen molar-refractivity contribution < 1.29 is 18.3 Å². The number of hydrogen-bond acceptors (Lipinski definition) is 4. The minimum atomic E-state index is -0.0849. The molecule has 0 spiro atoms. The third kappa shape index (κ3) is 3.48.